The first-order valence-corrected chi connectivity index (χ1v) is 3.46. The van der Waals surface area contributed by atoms with Crippen molar-refractivity contribution in [2.24, 2.45) is 5.73 Å². The van der Waals surface area contributed by atoms with Crippen LogP contribution in [0.5, 0.6) is 5.88 Å². The van der Waals surface area contributed by atoms with Gasteiger partial charge in [-0.1, -0.05) is 5.16 Å². The highest BCUT2D eigenvalue weighted by molar-refractivity contribution is 5.11. The Morgan fingerprint density at radius 3 is 2.91 bits per heavy atom. The number of rotatable bonds is 4. The summed E-state index contributed by atoms with van der Waals surface area (Å²) in [7, 11) is 0. The van der Waals surface area contributed by atoms with Gasteiger partial charge in [-0.15, -0.1) is 0 Å². The molecule has 0 radical (unpaired) electrons. The van der Waals surface area contributed by atoms with Gasteiger partial charge in [0.25, 0.3) is 5.88 Å². The monoisotopic (exact) mass is 157 g/mol. The summed E-state index contributed by atoms with van der Waals surface area (Å²) < 4.78 is 9.59. The number of nitrogens with zero attached hydrogens (tertiary/aromatic N) is 2. The molecule has 0 aliphatic rings. The van der Waals surface area contributed by atoms with E-state index in [0.29, 0.717) is 24.7 Å². The molecule has 1 heterocycles. The molecule has 0 unspecified atom stereocenters. The maximum absolute atomic E-state index is 5.27. The van der Waals surface area contributed by atoms with Crippen LogP contribution in [0.25, 0.3) is 0 Å². The SMILES string of the molecule is Cc1nonc1OCCCN. The molecule has 1 rings (SSSR count). The highest BCUT2D eigenvalue weighted by Gasteiger charge is 2.04. The molecule has 11 heavy (non-hydrogen) atoms. The summed E-state index contributed by atoms with van der Waals surface area (Å²) >= 11 is 0. The van der Waals surface area contributed by atoms with Gasteiger partial charge in [0.05, 0.1) is 6.61 Å². The van der Waals surface area contributed by atoms with Crippen molar-refractivity contribution in [1.82, 2.24) is 10.3 Å². The maximum atomic E-state index is 5.27. The Morgan fingerprint density at radius 1 is 1.55 bits per heavy atom. The van der Waals surface area contributed by atoms with Crippen molar-refractivity contribution < 1.29 is 9.37 Å². The van der Waals surface area contributed by atoms with Gasteiger partial charge in [-0.3, -0.25) is 0 Å². The van der Waals surface area contributed by atoms with Gasteiger partial charge in [0, 0.05) is 0 Å². The van der Waals surface area contributed by atoms with Crippen LogP contribution < -0.4 is 10.5 Å². The molecule has 5 nitrogen and oxygen atoms in total. The molecule has 1 aromatic rings. The number of nitrogens with two attached hydrogens (primary N) is 1. The van der Waals surface area contributed by atoms with E-state index >= 15 is 0 Å². The maximum Gasteiger partial charge on any atom is 0.278 e. The topological polar surface area (TPSA) is 74.2 Å². The normalized spacial score (nSPS) is 10.0. The summed E-state index contributed by atoms with van der Waals surface area (Å²) in [5.41, 5.74) is 5.94. The lowest BCUT2D eigenvalue weighted by Gasteiger charge is -1.98. The van der Waals surface area contributed by atoms with Crippen molar-refractivity contribution in [3.63, 3.8) is 0 Å². The van der Waals surface area contributed by atoms with E-state index in [4.69, 9.17) is 10.5 Å². The zero-order valence-electron chi connectivity index (χ0n) is 6.41. The van der Waals surface area contributed by atoms with Gasteiger partial charge < -0.3 is 10.5 Å². The van der Waals surface area contributed by atoms with Crippen LogP contribution in [0.4, 0.5) is 0 Å². The second kappa shape index (κ2) is 3.92. The second-order valence-electron chi connectivity index (χ2n) is 2.15. The average molecular weight is 157 g/mol. The standard InChI is InChI=1S/C6H11N3O2/c1-5-6(9-11-8-5)10-4-2-3-7/h2-4,7H2,1H3. The zero-order valence-corrected chi connectivity index (χ0v) is 6.41. The Morgan fingerprint density at radius 2 is 2.36 bits per heavy atom. The lowest BCUT2D eigenvalue weighted by atomic mass is 10.4. The van der Waals surface area contributed by atoms with Crippen LogP contribution in [0, 0.1) is 6.92 Å². The fraction of sp³-hybridized carbons (Fsp3) is 0.667. The van der Waals surface area contributed by atoms with Gasteiger partial charge in [-0.25, -0.2) is 4.63 Å². The minimum atomic E-state index is 0.457. The van der Waals surface area contributed by atoms with Crippen molar-refractivity contribution in [2.75, 3.05) is 13.2 Å². The Balaban J connectivity index is 2.32. The van der Waals surface area contributed by atoms with E-state index in [9.17, 15) is 0 Å². The number of aromatic nitrogens is 2. The molecular formula is C6H11N3O2. The number of hydrogen-bond acceptors (Lipinski definition) is 5. The minimum Gasteiger partial charge on any atom is -0.474 e. The van der Waals surface area contributed by atoms with Gasteiger partial charge >= 0.3 is 0 Å². The first-order valence-electron chi connectivity index (χ1n) is 3.46. The van der Waals surface area contributed by atoms with Crippen molar-refractivity contribution >= 4 is 0 Å². The summed E-state index contributed by atoms with van der Waals surface area (Å²) in [6, 6.07) is 0. The number of ether oxygens (including phenoxy) is 1. The minimum absolute atomic E-state index is 0.457. The highest BCUT2D eigenvalue weighted by atomic mass is 16.6. The fourth-order valence-electron chi connectivity index (χ4n) is 0.607. The number of hydrogen-bond donors (Lipinski definition) is 1. The molecular weight excluding hydrogens is 146 g/mol. The van der Waals surface area contributed by atoms with Gasteiger partial charge in [-0.2, -0.15) is 0 Å². The Kier molecular flexibility index (Phi) is 2.85. The molecule has 2 N–H and O–H groups in total. The Hall–Kier alpha value is -1.10. The van der Waals surface area contributed by atoms with Crippen LogP contribution in [0.3, 0.4) is 0 Å². The van der Waals surface area contributed by atoms with Gasteiger partial charge in [0.2, 0.25) is 0 Å². The van der Waals surface area contributed by atoms with Crippen LogP contribution in [-0.4, -0.2) is 23.5 Å². The van der Waals surface area contributed by atoms with E-state index in [1.165, 1.54) is 0 Å². The van der Waals surface area contributed by atoms with E-state index < -0.39 is 0 Å². The largest absolute Gasteiger partial charge is 0.474 e. The molecule has 0 atom stereocenters. The summed E-state index contributed by atoms with van der Waals surface area (Å²) in [6.07, 6.45) is 0.812. The Bertz CT molecular complexity index is 211. The molecule has 62 valence electrons. The van der Waals surface area contributed by atoms with Crippen molar-refractivity contribution in [2.45, 2.75) is 13.3 Å². The van der Waals surface area contributed by atoms with Crippen LogP contribution in [0.2, 0.25) is 0 Å². The Labute approximate surface area is 64.5 Å². The zero-order chi connectivity index (χ0) is 8.10. The molecule has 1 aromatic heterocycles. The van der Waals surface area contributed by atoms with Crippen LogP contribution >= 0.6 is 0 Å². The smallest absolute Gasteiger partial charge is 0.278 e. The van der Waals surface area contributed by atoms with Crippen LogP contribution in [-0.2, 0) is 0 Å². The van der Waals surface area contributed by atoms with Crippen molar-refractivity contribution in [3.8, 4) is 5.88 Å². The van der Waals surface area contributed by atoms with Crippen LogP contribution in [0.1, 0.15) is 12.1 Å². The number of aryl methyl sites for hydroxylation is 1. The van der Waals surface area contributed by atoms with E-state index in [-0.39, 0.29) is 0 Å². The predicted octanol–water partition coefficient (Wildman–Crippen LogP) is 0.106. The van der Waals surface area contributed by atoms with Gasteiger partial charge in [-0.05, 0) is 25.0 Å². The summed E-state index contributed by atoms with van der Waals surface area (Å²) in [5, 5.41) is 7.09. The molecule has 0 saturated carbocycles. The average Bonchev–Trinajstić information content (AvgIpc) is 2.37. The molecule has 0 amide bonds. The molecule has 0 fully saturated rings. The first-order chi connectivity index (χ1) is 5.34. The van der Waals surface area contributed by atoms with Gasteiger partial charge in [0.15, 0.2) is 0 Å². The van der Waals surface area contributed by atoms with Crippen LogP contribution in [0.15, 0.2) is 4.63 Å². The molecule has 0 spiro atoms. The molecule has 0 bridgehead atoms. The third-order valence-electron chi connectivity index (χ3n) is 1.20. The molecule has 0 saturated heterocycles. The van der Waals surface area contributed by atoms with Crippen molar-refractivity contribution in [3.05, 3.63) is 5.69 Å². The molecule has 0 aromatic carbocycles. The van der Waals surface area contributed by atoms with Crippen molar-refractivity contribution in [1.29, 1.82) is 0 Å². The molecule has 0 aliphatic carbocycles. The summed E-state index contributed by atoms with van der Waals surface area (Å²) in [5.74, 6) is 0.457. The van der Waals surface area contributed by atoms with E-state index in [0.717, 1.165) is 6.42 Å². The third kappa shape index (κ3) is 2.19. The lowest BCUT2D eigenvalue weighted by Crippen LogP contribution is -2.06. The third-order valence-corrected chi connectivity index (χ3v) is 1.20. The summed E-state index contributed by atoms with van der Waals surface area (Å²) in [6.45, 7) is 2.95. The second-order valence-corrected chi connectivity index (χ2v) is 2.15. The first kappa shape index (κ1) is 8.00. The molecule has 0 aliphatic heterocycles. The van der Waals surface area contributed by atoms with E-state index in [1.54, 1.807) is 6.92 Å². The van der Waals surface area contributed by atoms with E-state index in [2.05, 4.69) is 14.9 Å². The van der Waals surface area contributed by atoms with Gasteiger partial charge in [0.1, 0.15) is 5.69 Å². The lowest BCUT2D eigenvalue weighted by molar-refractivity contribution is 0.254. The highest BCUT2D eigenvalue weighted by Crippen LogP contribution is 2.09. The molecule has 5 heteroatoms. The quantitative estimate of drug-likeness (QED) is 0.627. The van der Waals surface area contributed by atoms with E-state index in [1.807, 2.05) is 0 Å². The fourth-order valence-corrected chi connectivity index (χ4v) is 0.607. The summed E-state index contributed by atoms with van der Waals surface area (Å²) in [4.78, 5) is 0. The predicted molar refractivity (Wildman–Crippen MR) is 38.2 cm³/mol.